The van der Waals surface area contributed by atoms with Crippen LogP contribution in [-0.2, 0) is 7.05 Å². The van der Waals surface area contributed by atoms with E-state index in [4.69, 9.17) is 4.98 Å². The van der Waals surface area contributed by atoms with Crippen molar-refractivity contribution in [3.8, 4) is 11.3 Å². The molecule has 0 saturated carbocycles. The van der Waals surface area contributed by atoms with E-state index >= 15 is 0 Å². The van der Waals surface area contributed by atoms with E-state index in [0.717, 1.165) is 27.9 Å². The van der Waals surface area contributed by atoms with Crippen molar-refractivity contribution >= 4 is 16.7 Å². The van der Waals surface area contributed by atoms with Gasteiger partial charge in [0.05, 0.1) is 23.1 Å². The van der Waals surface area contributed by atoms with Crippen molar-refractivity contribution in [1.82, 2.24) is 18.9 Å². The summed E-state index contributed by atoms with van der Waals surface area (Å²) in [5.74, 6) is 0. The molecular weight excluding hydrogens is 248 g/mol. The van der Waals surface area contributed by atoms with Crippen LogP contribution in [0.4, 0.5) is 0 Å². The normalized spacial score (nSPS) is 11.5. The molecular formula is C16H14N4. The average Bonchev–Trinajstić information content (AvgIpc) is 3.04. The van der Waals surface area contributed by atoms with Crippen LogP contribution in [-0.4, -0.2) is 18.9 Å². The van der Waals surface area contributed by atoms with Crippen molar-refractivity contribution in [2.75, 3.05) is 0 Å². The van der Waals surface area contributed by atoms with Gasteiger partial charge in [0.2, 0.25) is 0 Å². The molecule has 0 atom stereocenters. The topological polar surface area (TPSA) is 35.1 Å². The minimum Gasteiger partial charge on any atom is -0.334 e. The second kappa shape index (κ2) is 3.93. The fourth-order valence-electron chi connectivity index (χ4n) is 2.59. The van der Waals surface area contributed by atoms with Crippen LogP contribution in [0.15, 0.2) is 49.1 Å². The first-order chi connectivity index (χ1) is 9.72. The maximum absolute atomic E-state index is 4.72. The van der Waals surface area contributed by atoms with Gasteiger partial charge in [-0.05, 0) is 30.7 Å². The van der Waals surface area contributed by atoms with Crippen LogP contribution < -0.4 is 0 Å². The number of imidazole rings is 2. The predicted molar refractivity (Wildman–Crippen MR) is 79.6 cm³/mol. The number of rotatable bonds is 1. The number of hydrogen-bond acceptors (Lipinski definition) is 2. The molecule has 0 spiro atoms. The Bertz CT molecular complexity index is 930. The van der Waals surface area contributed by atoms with Gasteiger partial charge in [-0.25, -0.2) is 9.97 Å². The van der Waals surface area contributed by atoms with Crippen LogP contribution >= 0.6 is 0 Å². The highest BCUT2D eigenvalue weighted by Crippen LogP contribution is 2.24. The number of hydrogen-bond donors (Lipinski definition) is 0. The molecule has 0 saturated heterocycles. The van der Waals surface area contributed by atoms with Gasteiger partial charge < -0.3 is 8.97 Å². The first kappa shape index (κ1) is 11.2. The summed E-state index contributed by atoms with van der Waals surface area (Å²) in [7, 11) is 2.00. The Morgan fingerprint density at radius 2 is 2.05 bits per heavy atom. The van der Waals surface area contributed by atoms with E-state index in [1.165, 1.54) is 5.56 Å². The van der Waals surface area contributed by atoms with Gasteiger partial charge in [0.25, 0.3) is 0 Å². The lowest BCUT2D eigenvalue weighted by atomic mass is 10.1. The lowest BCUT2D eigenvalue weighted by Crippen LogP contribution is -1.84. The van der Waals surface area contributed by atoms with Gasteiger partial charge in [-0.15, -0.1) is 0 Å². The standard InChI is InChI=1S/C16H14N4/c1-11-4-3-7-20-9-14(18-16(11)20)12-5-6-15-13(8-12)17-10-19(15)2/h3-10H,1-2H3. The first-order valence-corrected chi connectivity index (χ1v) is 6.58. The van der Waals surface area contributed by atoms with Crippen LogP contribution in [0.25, 0.3) is 27.9 Å². The van der Waals surface area contributed by atoms with Gasteiger partial charge in [-0.2, -0.15) is 0 Å². The molecule has 4 rings (SSSR count). The van der Waals surface area contributed by atoms with E-state index in [0.29, 0.717) is 0 Å². The Hall–Kier alpha value is -2.62. The van der Waals surface area contributed by atoms with Gasteiger partial charge in [-0.3, -0.25) is 0 Å². The lowest BCUT2D eigenvalue weighted by molar-refractivity contribution is 0.948. The van der Waals surface area contributed by atoms with E-state index < -0.39 is 0 Å². The Balaban J connectivity index is 1.93. The predicted octanol–water partition coefficient (Wildman–Crippen LogP) is 3.20. The highest BCUT2D eigenvalue weighted by molar-refractivity contribution is 5.81. The summed E-state index contributed by atoms with van der Waals surface area (Å²) in [5.41, 5.74) is 6.39. The zero-order chi connectivity index (χ0) is 13.7. The summed E-state index contributed by atoms with van der Waals surface area (Å²) in [4.78, 5) is 9.13. The molecule has 0 bridgehead atoms. The second-order valence-electron chi connectivity index (χ2n) is 5.11. The van der Waals surface area contributed by atoms with Crippen molar-refractivity contribution in [3.05, 3.63) is 54.6 Å². The Kier molecular flexibility index (Phi) is 2.21. The average molecular weight is 262 g/mol. The SMILES string of the molecule is Cc1cccn2cc(-c3ccc4c(c3)ncn4C)nc12. The monoisotopic (exact) mass is 262 g/mol. The Morgan fingerprint density at radius 3 is 2.90 bits per heavy atom. The molecule has 0 radical (unpaired) electrons. The largest absolute Gasteiger partial charge is 0.334 e. The van der Waals surface area contributed by atoms with E-state index in [9.17, 15) is 0 Å². The van der Waals surface area contributed by atoms with Crippen molar-refractivity contribution in [2.45, 2.75) is 6.92 Å². The maximum atomic E-state index is 4.72. The quantitative estimate of drug-likeness (QED) is 0.528. The minimum atomic E-state index is 0.979. The lowest BCUT2D eigenvalue weighted by Gasteiger charge is -1.97. The molecule has 0 fully saturated rings. The van der Waals surface area contributed by atoms with Crippen LogP contribution in [0.2, 0.25) is 0 Å². The number of nitrogens with zero attached hydrogens (tertiary/aromatic N) is 4. The Morgan fingerprint density at radius 1 is 1.15 bits per heavy atom. The second-order valence-corrected chi connectivity index (χ2v) is 5.11. The molecule has 4 nitrogen and oxygen atoms in total. The Labute approximate surface area is 116 Å². The molecule has 3 heterocycles. The molecule has 0 unspecified atom stereocenters. The van der Waals surface area contributed by atoms with Gasteiger partial charge in [0.15, 0.2) is 0 Å². The third-order valence-electron chi connectivity index (χ3n) is 3.70. The fourth-order valence-corrected chi connectivity index (χ4v) is 2.59. The third-order valence-corrected chi connectivity index (χ3v) is 3.70. The number of pyridine rings is 1. The van der Waals surface area contributed by atoms with Crippen LogP contribution in [0.5, 0.6) is 0 Å². The van der Waals surface area contributed by atoms with Crippen molar-refractivity contribution < 1.29 is 0 Å². The third kappa shape index (κ3) is 1.54. The zero-order valence-corrected chi connectivity index (χ0v) is 11.4. The van der Waals surface area contributed by atoms with Gasteiger partial charge in [-0.1, -0.05) is 12.1 Å². The molecule has 0 aliphatic carbocycles. The molecule has 0 aliphatic rings. The summed E-state index contributed by atoms with van der Waals surface area (Å²) in [5, 5.41) is 0. The van der Waals surface area contributed by atoms with E-state index in [2.05, 4.69) is 46.8 Å². The van der Waals surface area contributed by atoms with E-state index in [1.54, 1.807) is 0 Å². The van der Waals surface area contributed by atoms with Crippen molar-refractivity contribution in [1.29, 1.82) is 0 Å². The molecule has 98 valence electrons. The number of benzene rings is 1. The number of aryl methyl sites for hydroxylation is 2. The minimum absolute atomic E-state index is 0.979. The highest BCUT2D eigenvalue weighted by atomic mass is 15.0. The molecule has 0 amide bonds. The molecule has 4 aromatic rings. The van der Waals surface area contributed by atoms with Crippen LogP contribution in [0, 0.1) is 6.92 Å². The molecule has 20 heavy (non-hydrogen) atoms. The molecule has 0 N–H and O–H groups in total. The van der Waals surface area contributed by atoms with E-state index in [1.807, 2.05) is 30.2 Å². The molecule has 4 heteroatoms. The van der Waals surface area contributed by atoms with Gasteiger partial charge in [0.1, 0.15) is 5.65 Å². The number of fused-ring (bicyclic) bond motifs is 2. The highest BCUT2D eigenvalue weighted by Gasteiger charge is 2.08. The van der Waals surface area contributed by atoms with Crippen LogP contribution in [0.1, 0.15) is 5.56 Å². The first-order valence-electron chi connectivity index (χ1n) is 6.58. The van der Waals surface area contributed by atoms with Crippen molar-refractivity contribution in [2.24, 2.45) is 7.05 Å². The van der Waals surface area contributed by atoms with Crippen molar-refractivity contribution in [3.63, 3.8) is 0 Å². The molecule has 3 aromatic heterocycles. The van der Waals surface area contributed by atoms with E-state index in [-0.39, 0.29) is 0 Å². The summed E-state index contributed by atoms with van der Waals surface area (Å²) in [6.07, 6.45) is 5.92. The summed E-state index contributed by atoms with van der Waals surface area (Å²) in [6.45, 7) is 2.08. The van der Waals surface area contributed by atoms with Crippen LogP contribution in [0.3, 0.4) is 0 Å². The maximum Gasteiger partial charge on any atom is 0.140 e. The fraction of sp³-hybridized carbons (Fsp3) is 0.125. The molecule has 0 aliphatic heterocycles. The zero-order valence-electron chi connectivity index (χ0n) is 11.4. The summed E-state index contributed by atoms with van der Waals surface area (Å²) in [6, 6.07) is 10.4. The van der Waals surface area contributed by atoms with Gasteiger partial charge >= 0.3 is 0 Å². The smallest absolute Gasteiger partial charge is 0.140 e. The molecule has 1 aromatic carbocycles. The number of aromatic nitrogens is 4. The summed E-state index contributed by atoms with van der Waals surface area (Å²) < 4.78 is 4.08. The summed E-state index contributed by atoms with van der Waals surface area (Å²) >= 11 is 0. The van der Waals surface area contributed by atoms with Gasteiger partial charge in [0, 0.05) is 25.0 Å².